The number of sulfone groups is 1. The molecule has 0 fully saturated rings. The molecule has 1 aliphatic rings. The first-order valence-electron chi connectivity index (χ1n) is 12.8. The Morgan fingerprint density at radius 3 is 2.29 bits per heavy atom. The Morgan fingerprint density at radius 1 is 1.09 bits per heavy atom. The van der Waals surface area contributed by atoms with Crippen LogP contribution in [0.15, 0.2) is 81.8 Å². The van der Waals surface area contributed by atoms with Crippen LogP contribution in [0.1, 0.15) is 80.6 Å². The van der Waals surface area contributed by atoms with Crippen LogP contribution < -0.4 is 0 Å². The van der Waals surface area contributed by atoms with Crippen LogP contribution in [0.5, 0.6) is 0 Å². The van der Waals surface area contributed by atoms with E-state index in [1.807, 2.05) is 6.92 Å². The summed E-state index contributed by atoms with van der Waals surface area (Å²) in [5, 5.41) is -1.84. The smallest absolute Gasteiger partial charge is 0.299 e. The molecule has 0 aromatic heterocycles. The van der Waals surface area contributed by atoms with Gasteiger partial charge in [0.2, 0.25) is 9.84 Å². The number of benzene rings is 1. The van der Waals surface area contributed by atoms with E-state index in [1.54, 1.807) is 50.3 Å². The molecule has 0 N–H and O–H groups in total. The van der Waals surface area contributed by atoms with E-state index < -0.39 is 15.0 Å². The molecule has 0 amide bonds. The van der Waals surface area contributed by atoms with Crippen LogP contribution in [0.3, 0.4) is 0 Å². The Hall–Kier alpha value is -1.95. The van der Waals surface area contributed by atoms with Gasteiger partial charge in [-0.1, -0.05) is 67.0 Å². The third-order valence-electron chi connectivity index (χ3n) is 6.60. The Balaban J connectivity index is 2.21. The van der Waals surface area contributed by atoms with E-state index >= 15 is 0 Å². The van der Waals surface area contributed by atoms with Crippen molar-refractivity contribution in [3.8, 4) is 0 Å². The lowest BCUT2D eigenvalue weighted by molar-refractivity contribution is -0.139. The normalized spacial score (nSPS) is 17.9. The second-order valence-electron chi connectivity index (χ2n) is 10.0. The predicted molar refractivity (Wildman–Crippen MR) is 146 cm³/mol. The summed E-state index contributed by atoms with van der Waals surface area (Å²) >= 11 is 0. The van der Waals surface area contributed by atoms with Gasteiger partial charge in [-0.2, -0.15) is 0 Å². The molecular formula is C30H44O4S. The molecule has 0 unspecified atom stereocenters. The molecule has 0 saturated carbocycles. The van der Waals surface area contributed by atoms with Crippen molar-refractivity contribution in [2.75, 3.05) is 13.2 Å². The van der Waals surface area contributed by atoms with Crippen molar-refractivity contribution in [3.05, 3.63) is 76.9 Å². The van der Waals surface area contributed by atoms with Gasteiger partial charge in [0, 0.05) is 13.2 Å². The topological polar surface area (TPSA) is 52.6 Å². The first-order chi connectivity index (χ1) is 16.5. The summed E-state index contributed by atoms with van der Waals surface area (Å²) in [5.74, 6) is 0. The van der Waals surface area contributed by atoms with Gasteiger partial charge in [-0.15, -0.1) is 0 Å². The van der Waals surface area contributed by atoms with Gasteiger partial charge in [0.1, 0.15) is 0 Å². The van der Waals surface area contributed by atoms with Crippen molar-refractivity contribution < 1.29 is 17.9 Å². The highest BCUT2D eigenvalue weighted by molar-refractivity contribution is 7.92. The van der Waals surface area contributed by atoms with Crippen LogP contribution in [-0.2, 0) is 19.3 Å². The summed E-state index contributed by atoms with van der Waals surface area (Å²) in [7, 11) is -3.91. The van der Waals surface area contributed by atoms with Crippen molar-refractivity contribution >= 4 is 9.84 Å². The zero-order chi connectivity index (χ0) is 26.1. The Bertz CT molecular complexity index is 1050. The molecule has 1 aromatic carbocycles. The summed E-state index contributed by atoms with van der Waals surface area (Å²) in [6.45, 7) is 14.9. The highest BCUT2D eigenvalue weighted by Crippen LogP contribution is 2.40. The summed E-state index contributed by atoms with van der Waals surface area (Å²) < 4.78 is 38.7. The molecule has 0 aliphatic heterocycles. The van der Waals surface area contributed by atoms with Gasteiger partial charge in [-0.3, -0.25) is 0 Å². The fourth-order valence-electron chi connectivity index (χ4n) is 4.72. The van der Waals surface area contributed by atoms with E-state index in [-0.39, 0.29) is 23.5 Å². The SMILES string of the molecule is CCOC(C=C(C)CCC=C(C)C=CC1=C(C)CCCC1(C)C)(OCC)S(=O)(=O)c1ccccc1. The molecule has 2 rings (SSSR count). The van der Waals surface area contributed by atoms with Gasteiger partial charge in [0.05, 0.1) is 4.90 Å². The van der Waals surface area contributed by atoms with Crippen LogP contribution in [0.4, 0.5) is 0 Å². The number of hydrogen-bond acceptors (Lipinski definition) is 4. The molecule has 35 heavy (non-hydrogen) atoms. The first kappa shape index (κ1) is 29.3. The predicted octanol–water partition coefficient (Wildman–Crippen LogP) is 7.94. The number of allylic oxidation sites excluding steroid dienone is 7. The lowest BCUT2D eigenvalue weighted by Gasteiger charge is -2.32. The first-order valence-corrected chi connectivity index (χ1v) is 14.3. The quantitative estimate of drug-likeness (QED) is 0.166. The maximum absolute atomic E-state index is 13.5. The number of ether oxygens (including phenoxy) is 2. The van der Waals surface area contributed by atoms with Gasteiger partial charge in [-0.05, 0) is 95.9 Å². The molecule has 1 aromatic rings. The molecular weight excluding hydrogens is 456 g/mol. The van der Waals surface area contributed by atoms with Crippen molar-refractivity contribution in [3.63, 3.8) is 0 Å². The van der Waals surface area contributed by atoms with Crippen LogP contribution >= 0.6 is 0 Å². The molecule has 0 radical (unpaired) electrons. The van der Waals surface area contributed by atoms with Crippen molar-refractivity contribution in [1.82, 2.24) is 0 Å². The van der Waals surface area contributed by atoms with E-state index in [1.165, 1.54) is 36.0 Å². The zero-order valence-electron chi connectivity index (χ0n) is 22.7. The van der Waals surface area contributed by atoms with Gasteiger partial charge < -0.3 is 9.47 Å². The fraction of sp³-hybridized carbons (Fsp3) is 0.533. The van der Waals surface area contributed by atoms with Gasteiger partial charge in [0.15, 0.2) is 0 Å². The minimum absolute atomic E-state index is 0.182. The minimum Gasteiger partial charge on any atom is -0.334 e. The van der Waals surface area contributed by atoms with E-state index in [9.17, 15) is 8.42 Å². The number of rotatable bonds is 12. The molecule has 0 bridgehead atoms. The number of hydrogen-bond donors (Lipinski definition) is 0. The highest BCUT2D eigenvalue weighted by Gasteiger charge is 2.45. The molecule has 4 nitrogen and oxygen atoms in total. The summed E-state index contributed by atoms with van der Waals surface area (Å²) in [6, 6.07) is 8.36. The van der Waals surface area contributed by atoms with E-state index in [0.29, 0.717) is 6.42 Å². The van der Waals surface area contributed by atoms with Crippen molar-refractivity contribution in [1.29, 1.82) is 0 Å². The third-order valence-corrected chi connectivity index (χ3v) is 8.60. The maximum Gasteiger partial charge on any atom is 0.299 e. The molecule has 0 heterocycles. The van der Waals surface area contributed by atoms with E-state index in [2.05, 4.69) is 45.9 Å². The lowest BCUT2D eigenvalue weighted by atomic mass is 9.72. The summed E-state index contributed by atoms with van der Waals surface area (Å²) in [4.78, 5) is 0.182. The monoisotopic (exact) mass is 500 g/mol. The Morgan fingerprint density at radius 2 is 1.71 bits per heavy atom. The van der Waals surface area contributed by atoms with Gasteiger partial charge in [-0.25, -0.2) is 8.42 Å². The van der Waals surface area contributed by atoms with Gasteiger partial charge in [0.25, 0.3) is 5.12 Å². The summed E-state index contributed by atoms with van der Waals surface area (Å²) in [5.41, 5.74) is 5.29. The minimum atomic E-state index is -3.91. The molecule has 1 aliphatic carbocycles. The zero-order valence-corrected chi connectivity index (χ0v) is 23.5. The fourth-order valence-corrected chi connectivity index (χ4v) is 6.46. The third kappa shape index (κ3) is 7.52. The molecule has 0 saturated heterocycles. The summed E-state index contributed by atoms with van der Waals surface area (Å²) in [6.07, 6.45) is 13.5. The van der Waals surface area contributed by atoms with Crippen LogP contribution in [-0.4, -0.2) is 26.8 Å². The lowest BCUT2D eigenvalue weighted by Crippen LogP contribution is -2.43. The largest absolute Gasteiger partial charge is 0.334 e. The highest BCUT2D eigenvalue weighted by atomic mass is 32.2. The van der Waals surface area contributed by atoms with Crippen molar-refractivity contribution in [2.45, 2.75) is 90.6 Å². The van der Waals surface area contributed by atoms with Crippen LogP contribution in [0, 0.1) is 5.41 Å². The van der Waals surface area contributed by atoms with Crippen molar-refractivity contribution in [2.24, 2.45) is 5.41 Å². The molecule has 194 valence electrons. The Kier molecular flexibility index (Phi) is 10.7. The maximum atomic E-state index is 13.5. The second-order valence-corrected chi connectivity index (χ2v) is 12.1. The average Bonchev–Trinajstić information content (AvgIpc) is 2.79. The Labute approximate surface area is 213 Å². The molecule has 5 heteroatoms. The van der Waals surface area contributed by atoms with E-state index in [4.69, 9.17) is 9.47 Å². The standard InChI is InChI=1S/C30H44O4S/c1-8-33-30(34-9-2,35(31,32)27-18-11-10-12-19-27)23-25(4)16-13-15-24(3)20-21-28-26(5)17-14-22-29(28,6)7/h10-12,15,18-21,23H,8-9,13-14,16-17,22H2,1-7H3. The van der Waals surface area contributed by atoms with Gasteiger partial charge >= 0.3 is 0 Å². The second kappa shape index (κ2) is 12.8. The van der Waals surface area contributed by atoms with E-state index in [0.717, 1.165) is 12.0 Å². The van der Waals surface area contributed by atoms with Crippen LogP contribution in [0.2, 0.25) is 0 Å². The average molecular weight is 501 g/mol. The molecule has 0 spiro atoms. The van der Waals surface area contributed by atoms with Crippen LogP contribution in [0.25, 0.3) is 0 Å². The molecule has 0 atom stereocenters.